The second-order valence-electron chi connectivity index (χ2n) is 7.42. The van der Waals surface area contributed by atoms with Crippen molar-refractivity contribution in [2.24, 2.45) is 20.5 Å². The molecule has 1 amide bonds. The number of rotatable bonds is 5. The second kappa shape index (κ2) is 7.58. The van der Waals surface area contributed by atoms with Gasteiger partial charge in [-0.05, 0) is 34.2 Å². The van der Waals surface area contributed by atoms with E-state index in [1.54, 1.807) is 6.08 Å². The van der Waals surface area contributed by atoms with Gasteiger partial charge in [-0.2, -0.15) is 5.11 Å². The highest BCUT2D eigenvalue weighted by molar-refractivity contribution is 5.95. The number of hydrogen-bond donors (Lipinski definition) is 0. The highest BCUT2D eigenvalue weighted by Gasteiger charge is 2.22. The summed E-state index contributed by atoms with van der Waals surface area (Å²) < 4.78 is 0. The minimum atomic E-state index is -0.456. The number of nitrogens with zero attached hydrogens (tertiary/aromatic N) is 4. The number of amides is 1. The van der Waals surface area contributed by atoms with Crippen LogP contribution in [0.15, 0.2) is 87.0 Å². The molecule has 2 aromatic carbocycles. The Kier molecular flexibility index (Phi) is 5.21. The number of carbonyl (C=O) groups excluding carboxylic acids is 1. The zero-order valence-electron chi connectivity index (χ0n) is 15.8. The van der Waals surface area contributed by atoms with Gasteiger partial charge in [0.25, 0.3) is 0 Å². The van der Waals surface area contributed by atoms with Crippen LogP contribution >= 0.6 is 0 Å². The SMILES string of the molecule is C=Cc1ccc(N=NC2=C(Cc3ccc(C(C)(C)C)cc3)N=NC2=O)cc1. The normalized spacial score (nSPS) is 14.4. The van der Waals surface area contributed by atoms with Gasteiger partial charge in [0, 0.05) is 6.42 Å². The molecule has 3 rings (SSSR count). The fourth-order valence-corrected chi connectivity index (χ4v) is 2.64. The van der Waals surface area contributed by atoms with Crippen LogP contribution in [0.3, 0.4) is 0 Å². The Bertz CT molecular complexity index is 943. The molecule has 0 atom stereocenters. The van der Waals surface area contributed by atoms with Gasteiger partial charge < -0.3 is 0 Å². The molecular weight excluding hydrogens is 336 g/mol. The van der Waals surface area contributed by atoms with E-state index in [0.717, 1.165) is 11.1 Å². The minimum absolute atomic E-state index is 0.0986. The van der Waals surface area contributed by atoms with Crippen molar-refractivity contribution in [2.45, 2.75) is 32.6 Å². The first-order valence-corrected chi connectivity index (χ1v) is 8.80. The van der Waals surface area contributed by atoms with E-state index in [9.17, 15) is 4.79 Å². The standard InChI is InChI=1S/C22H22N4O/c1-5-15-8-12-18(13-9-15)23-25-20-19(24-26-21(20)27)14-16-6-10-17(11-7-16)22(2,3)4/h5-13H,1,14H2,2-4H3. The summed E-state index contributed by atoms with van der Waals surface area (Å²) >= 11 is 0. The number of azo groups is 2. The van der Waals surface area contributed by atoms with Crippen molar-refractivity contribution >= 4 is 17.7 Å². The molecule has 1 aliphatic heterocycles. The molecule has 0 bridgehead atoms. The van der Waals surface area contributed by atoms with Gasteiger partial charge in [-0.1, -0.05) is 69.8 Å². The summed E-state index contributed by atoms with van der Waals surface area (Å²) in [6, 6.07) is 15.7. The third-order valence-electron chi connectivity index (χ3n) is 4.32. The summed E-state index contributed by atoms with van der Waals surface area (Å²) in [5.74, 6) is -0.456. The first-order valence-electron chi connectivity index (χ1n) is 8.80. The largest absolute Gasteiger partial charge is 0.317 e. The zero-order valence-corrected chi connectivity index (χ0v) is 15.8. The van der Waals surface area contributed by atoms with Crippen molar-refractivity contribution in [1.82, 2.24) is 0 Å². The van der Waals surface area contributed by atoms with Gasteiger partial charge in [0.1, 0.15) is 5.70 Å². The van der Waals surface area contributed by atoms with Crippen molar-refractivity contribution in [2.75, 3.05) is 0 Å². The molecule has 1 heterocycles. The maximum atomic E-state index is 12.0. The van der Waals surface area contributed by atoms with E-state index in [1.165, 1.54) is 5.56 Å². The number of allylic oxidation sites excluding steroid dienone is 1. The Morgan fingerprint density at radius 3 is 2.22 bits per heavy atom. The van der Waals surface area contributed by atoms with Crippen LogP contribution in [0.1, 0.15) is 37.5 Å². The van der Waals surface area contributed by atoms with Crippen molar-refractivity contribution in [3.8, 4) is 0 Å². The molecule has 2 aromatic rings. The number of carbonyl (C=O) groups is 1. The minimum Gasteiger partial charge on any atom is -0.263 e. The maximum absolute atomic E-state index is 12.0. The molecule has 0 aromatic heterocycles. The lowest BCUT2D eigenvalue weighted by Gasteiger charge is -2.19. The molecule has 0 radical (unpaired) electrons. The van der Waals surface area contributed by atoms with Crippen LogP contribution in [-0.4, -0.2) is 5.91 Å². The molecule has 5 heteroatoms. The zero-order chi connectivity index (χ0) is 19.4. The average molecular weight is 358 g/mol. The van der Waals surface area contributed by atoms with E-state index >= 15 is 0 Å². The van der Waals surface area contributed by atoms with Crippen LogP contribution in [0.2, 0.25) is 0 Å². The maximum Gasteiger partial charge on any atom is 0.317 e. The van der Waals surface area contributed by atoms with Gasteiger partial charge >= 0.3 is 5.91 Å². The topological polar surface area (TPSA) is 66.5 Å². The molecule has 0 spiro atoms. The fourth-order valence-electron chi connectivity index (χ4n) is 2.64. The fraction of sp³-hybridized carbons (Fsp3) is 0.227. The lowest BCUT2D eigenvalue weighted by Crippen LogP contribution is -2.10. The van der Waals surface area contributed by atoms with E-state index in [1.807, 2.05) is 24.3 Å². The summed E-state index contributed by atoms with van der Waals surface area (Å²) in [6.07, 6.45) is 2.24. The first-order chi connectivity index (χ1) is 12.9. The van der Waals surface area contributed by atoms with E-state index in [4.69, 9.17) is 0 Å². The summed E-state index contributed by atoms with van der Waals surface area (Å²) in [5, 5.41) is 15.9. The van der Waals surface area contributed by atoms with E-state index in [0.29, 0.717) is 17.8 Å². The van der Waals surface area contributed by atoms with E-state index in [2.05, 4.69) is 72.1 Å². The van der Waals surface area contributed by atoms with E-state index in [-0.39, 0.29) is 11.1 Å². The molecule has 5 nitrogen and oxygen atoms in total. The molecule has 0 saturated heterocycles. The van der Waals surface area contributed by atoms with E-state index < -0.39 is 5.91 Å². The van der Waals surface area contributed by atoms with Gasteiger partial charge in [-0.25, -0.2) is 0 Å². The lowest BCUT2D eigenvalue weighted by atomic mass is 9.86. The lowest BCUT2D eigenvalue weighted by molar-refractivity contribution is -0.114. The van der Waals surface area contributed by atoms with Crippen molar-refractivity contribution in [3.63, 3.8) is 0 Å². The smallest absolute Gasteiger partial charge is 0.263 e. The van der Waals surface area contributed by atoms with Crippen LogP contribution in [0.5, 0.6) is 0 Å². The molecular formula is C22H22N4O. The molecule has 1 aliphatic rings. The third-order valence-corrected chi connectivity index (χ3v) is 4.32. The third kappa shape index (κ3) is 4.50. The van der Waals surface area contributed by atoms with Gasteiger partial charge in [0.2, 0.25) is 0 Å². The Labute approximate surface area is 159 Å². The molecule has 27 heavy (non-hydrogen) atoms. The Morgan fingerprint density at radius 1 is 0.963 bits per heavy atom. The van der Waals surface area contributed by atoms with Crippen LogP contribution in [0, 0.1) is 0 Å². The Morgan fingerprint density at radius 2 is 1.63 bits per heavy atom. The van der Waals surface area contributed by atoms with Crippen molar-refractivity contribution < 1.29 is 4.79 Å². The highest BCUT2D eigenvalue weighted by atomic mass is 16.2. The number of benzene rings is 2. The van der Waals surface area contributed by atoms with Crippen LogP contribution in [-0.2, 0) is 16.6 Å². The summed E-state index contributed by atoms with van der Waals surface area (Å²) in [7, 11) is 0. The summed E-state index contributed by atoms with van der Waals surface area (Å²) in [5.41, 5.74) is 4.79. The quantitative estimate of drug-likeness (QED) is 0.590. The van der Waals surface area contributed by atoms with Gasteiger partial charge in [0.05, 0.1) is 5.69 Å². The van der Waals surface area contributed by atoms with Gasteiger partial charge in [-0.15, -0.1) is 15.3 Å². The molecule has 0 fully saturated rings. The summed E-state index contributed by atoms with van der Waals surface area (Å²) in [4.78, 5) is 12.0. The predicted octanol–water partition coefficient (Wildman–Crippen LogP) is 6.16. The number of hydrogen-bond acceptors (Lipinski definition) is 4. The van der Waals surface area contributed by atoms with Crippen molar-refractivity contribution in [3.05, 3.63) is 83.2 Å². The van der Waals surface area contributed by atoms with Crippen molar-refractivity contribution in [1.29, 1.82) is 0 Å². The van der Waals surface area contributed by atoms with Crippen LogP contribution in [0.25, 0.3) is 6.08 Å². The monoisotopic (exact) mass is 358 g/mol. The molecule has 0 saturated carbocycles. The molecule has 136 valence electrons. The van der Waals surface area contributed by atoms with Crippen LogP contribution in [0.4, 0.5) is 5.69 Å². The average Bonchev–Trinajstić information content (AvgIpc) is 2.99. The van der Waals surface area contributed by atoms with Gasteiger partial charge in [-0.3, -0.25) is 4.79 Å². The van der Waals surface area contributed by atoms with Crippen LogP contribution < -0.4 is 0 Å². The molecule has 0 aliphatic carbocycles. The predicted molar refractivity (Wildman–Crippen MR) is 107 cm³/mol. The summed E-state index contributed by atoms with van der Waals surface area (Å²) in [6.45, 7) is 10.2. The Hall–Kier alpha value is -3.21. The molecule has 0 N–H and O–H groups in total. The van der Waals surface area contributed by atoms with Gasteiger partial charge in [0.15, 0.2) is 5.70 Å². The Balaban J connectivity index is 1.80. The molecule has 0 unspecified atom stereocenters. The highest BCUT2D eigenvalue weighted by Crippen LogP contribution is 2.26. The second-order valence-corrected chi connectivity index (χ2v) is 7.42. The first kappa shape index (κ1) is 18.6.